The van der Waals surface area contributed by atoms with E-state index in [1.165, 1.54) is 7.11 Å². The molecule has 10 nitrogen and oxygen atoms in total. The van der Waals surface area contributed by atoms with Crippen molar-refractivity contribution in [3.63, 3.8) is 0 Å². The number of rotatable bonds is 4. The number of amides is 2. The molecule has 1 fully saturated rings. The van der Waals surface area contributed by atoms with Crippen molar-refractivity contribution in [2.45, 2.75) is 30.6 Å². The van der Waals surface area contributed by atoms with Crippen molar-refractivity contribution in [2.24, 2.45) is 0 Å². The summed E-state index contributed by atoms with van der Waals surface area (Å²) in [7, 11) is 3.25. The van der Waals surface area contributed by atoms with Gasteiger partial charge in [0.25, 0.3) is 11.8 Å². The van der Waals surface area contributed by atoms with E-state index in [9.17, 15) is 19.8 Å². The van der Waals surface area contributed by atoms with Crippen LogP contribution in [-0.2, 0) is 9.47 Å². The number of benzene rings is 3. The summed E-state index contributed by atoms with van der Waals surface area (Å²) in [5.74, 6) is -0.914. The van der Waals surface area contributed by atoms with Crippen molar-refractivity contribution >= 4 is 55.4 Å². The zero-order chi connectivity index (χ0) is 26.3. The van der Waals surface area contributed by atoms with Crippen LogP contribution in [0.5, 0.6) is 0 Å². The van der Waals surface area contributed by atoms with Crippen LogP contribution in [0.25, 0.3) is 43.6 Å². The molecule has 194 valence electrons. The average molecular weight is 515 g/mol. The van der Waals surface area contributed by atoms with Gasteiger partial charge in [-0.15, -0.1) is 0 Å². The Bertz CT molecular complexity index is 1790. The second-order valence-corrected chi connectivity index (χ2v) is 9.87. The maximum atomic E-state index is 13.3. The third kappa shape index (κ3) is 2.94. The van der Waals surface area contributed by atoms with Crippen LogP contribution in [0.2, 0.25) is 0 Å². The number of imide groups is 1. The molecule has 1 saturated heterocycles. The first kappa shape index (κ1) is 23.3. The number of aliphatic hydroxyl groups is 2. The van der Waals surface area contributed by atoms with Crippen molar-refractivity contribution in [2.75, 3.05) is 20.7 Å². The van der Waals surface area contributed by atoms with Gasteiger partial charge in [-0.25, -0.2) is 0 Å². The quantitative estimate of drug-likeness (QED) is 0.232. The molecular weight excluding hydrogens is 488 g/mol. The minimum atomic E-state index is -1.34. The Kier molecular flexibility index (Phi) is 5.13. The predicted molar refractivity (Wildman–Crippen MR) is 141 cm³/mol. The molecule has 0 bridgehead atoms. The van der Waals surface area contributed by atoms with Gasteiger partial charge in [-0.1, -0.05) is 36.4 Å². The Morgan fingerprint density at radius 3 is 2.39 bits per heavy atom. The SMILES string of the molecule is CNC[C@H]1OC(n2c3ccccc3c3c4c(c5c6ccccc6[nH]c5c32)C(=O)NC4=O)[C@@H](O)[C@@H](O)[C@@H]1OC. The fourth-order valence-electron chi connectivity index (χ4n) is 6.33. The summed E-state index contributed by atoms with van der Waals surface area (Å²) < 4.78 is 13.8. The van der Waals surface area contributed by atoms with Crippen LogP contribution < -0.4 is 10.6 Å². The Morgan fingerprint density at radius 2 is 1.66 bits per heavy atom. The molecule has 2 aliphatic rings. The summed E-state index contributed by atoms with van der Waals surface area (Å²) >= 11 is 0. The molecule has 1 unspecified atom stereocenters. The van der Waals surface area contributed by atoms with Gasteiger partial charge >= 0.3 is 0 Å². The van der Waals surface area contributed by atoms with E-state index in [2.05, 4.69) is 15.6 Å². The first-order valence-electron chi connectivity index (χ1n) is 12.5. The third-order valence-corrected chi connectivity index (χ3v) is 7.88. The molecule has 5 atom stereocenters. The van der Waals surface area contributed by atoms with Gasteiger partial charge in [-0.3, -0.25) is 14.9 Å². The summed E-state index contributed by atoms with van der Waals surface area (Å²) in [6, 6.07) is 15.1. The summed E-state index contributed by atoms with van der Waals surface area (Å²) in [5, 5.41) is 30.8. The van der Waals surface area contributed by atoms with E-state index in [0.29, 0.717) is 45.0 Å². The van der Waals surface area contributed by atoms with Crippen molar-refractivity contribution in [3.05, 3.63) is 59.7 Å². The standard InChI is InChI=1S/C28H26N4O6/c1-29-11-16-25(37-2)23(33)24(34)28(38-16)32-15-10-6-4-8-13(15)18-20-19(26(35)31-27(20)36)17-12-7-3-5-9-14(12)30-21(17)22(18)32/h3-10,16,23-25,28-30,33-34H,11H2,1-2H3,(H,31,35,36)/t16-,23-,24+,25-,28?/m1/s1. The fourth-order valence-corrected chi connectivity index (χ4v) is 6.33. The number of aliphatic hydroxyl groups excluding tert-OH is 2. The van der Waals surface area contributed by atoms with Crippen LogP contribution in [0, 0.1) is 0 Å². The number of fused-ring (bicyclic) bond motifs is 10. The topological polar surface area (TPSA) is 138 Å². The molecule has 0 radical (unpaired) electrons. The summed E-state index contributed by atoms with van der Waals surface area (Å²) in [6.45, 7) is 0.379. The number of aromatic nitrogens is 2. The number of methoxy groups -OCH3 is 1. The average Bonchev–Trinajstić information content (AvgIpc) is 3.55. The lowest BCUT2D eigenvalue weighted by Crippen LogP contribution is -2.58. The highest BCUT2D eigenvalue weighted by Gasteiger charge is 2.47. The molecule has 38 heavy (non-hydrogen) atoms. The zero-order valence-corrected chi connectivity index (χ0v) is 20.7. The van der Waals surface area contributed by atoms with Gasteiger partial charge < -0.3 is 34.6 Å². The van der Waals surface area contributed by atoms with Crippen LogP contribution in [0.15, 0.2) is 48.5 Å². The molecule has 5 N–H and O–H groups in total. The molecule has 0 spiro atoms. The maximum absolute atomic E-state index is 13.3. The smallest absolute Gasteiger partial charge is 0.259 e. The normalized spacial score (nSPS) is 25.6. The largest absolute Gasteiger partial charge is 0.387 e. The number of nitrogens with one attached hydrogen (secondary N) is 3. The Labute approximate surface area is 216 Å². The van der Waals surface area contributed by atoms with Crippen molar-refractivity contribution in [1.29, 1.82) is 0 Å². The highest BCUT2D eigenvalue weighted by molar-refractivity contribution is 6.39. The molecule has 2 aliphatic heterocycles. The van der Waals surface area contributed by atoms with E-state index in [-0.39, 0.29) is 0 Å². The molecule has 0 aliphatic carbocycles. The van der Waals surface area contributed by atoms with E-state index in [1.807, 2.05) is 53.1 Å². The van der Waals surface area contributed by atoms with Gasteiger partial charge in [0.2, 0.25) is 0 Å². The molecular formula is C28H26N4O6. The first-order valence-corrected chi connectivity index (χ1v) is 12.5. The van der Waals surface area contributed by atoms with Gasteiger partial charge in [0, 0.05) is 40.7 Å². The molecule has 2 amide bonds. The minimum Gasteiger partial charge on any atom is -0.387 e. The Hall–Kier alpha value is -3.80. The summed E-state index contributed by atoms with van der Waals surface area (Å²) in [4.78, 5) is 29.8. The van der Waals surface area contributed by atoms with E-state index in [0.717, 1.165) is 16.3 Å². The number of nitrogens with zero attached hydrogens (tertiary/aromatic N) is 1. The lowest BCUT2D eigenvalue weighted by molar-refractivity contribution is -0.247. The van der Waals surface area contributed by atoms with E-state index in [4.69, 9.17) is 9.47 Å². The number of H-pyrrole nitrogens is 1. The molecule has 2 aromatic heterocycles. The number of carbonyl (C=O) groups excluding carboxylic acids is 2. The minimum absolute atomic E-state index is 0.296. The monoisotopic (exact) mass is 514 g/mol. The van der Waals surface area contributed by atoms with Crippen LogP contribution in [0.3, 0.4) is 0 Å². The van der Waals surface area contributed by atoms with Crippen molar-refractivity contribution in [3.8, 4) is 0 Å². The van der Waals surface area contributed by atoms with E-state index < -0.39 is 42.5 Å². The first-order chi connectivity index (χ1) is 18.5. The number of hydrogen-bond donors (Lipinski definition) is 5. The predicted octanol–water partition coefficient (Wildman–Crippen LogP) is 2.17. The molecule has 10 heteroatoms. The molecule has 3 aromatic carbocycles. The molecule has 0 saturated carbocycles. The molecule has 7 rings (SSSR count). The number of ether oxygens (including phenoxy) is 2. The Balaban J connectivity index is 1.65. The number of likely N-dealkylation sites (N-methyl/N-ethyl adjacent to an activating group) is 1. The van der Waals surface area contributed by atoms with Gasteiger partial charge in [0.15, 0.2) is 6.23 Å². The highest BCUT2D eigenvalue weighted by atomic mass is 16.6. The van der Waals surface area contributed by atoms with Gasteiger partial charge in [0.05, 0.1) is 27.7 Å². The second kappa shape index (κ2) is 8.35. The number of carbonyl (C=O) groups is 2. The van der Waals surface area contributed by atoms with Crippen LogP contribution >= 0.6 is 0 Å². The van der Waals surface area contributed by atoms with Gasteiger partial charge in [-0.05, 0) is 19.2 Å². The third-order valence-electron chi connectivity index (χ3n) is 7.88. The summed E-state index contributed by atoms with van der Waals surface area (Å²) in [5.41, 5.74) is 3.37. The zero-order valence-electron chi connectivity index (χ0n) is 20.7. The number of para-hydroxylation sites is 2. The lowest BCUT2D eigenvalue weighted by atomic mass is 9.96. The Morgan fingerprint density at radius 1 is 0.974 bits per heavy atom. The lowest BCUT2D eigenvalue weighted by Gasteiger charge is -2.43. The summed E-state index contributed by atoms with van der Waals surface area (Å²) in [6.07, 6.45) is -4.89. The van der Waals surface area contributed by atoms with Crippen LogP contribution in [0.4, 0.5) is 0 Å². The number of hydrogen-bond acceptors (Lipinski definition) is 7. The number of aromatic amines is 1. The van der Waals surface area contributed by atoms with Crippen molar-refractivity contribution in [1.82, 2.24) is 20.2 Å². The molecule has 4 heterocycles. The van der Waals surface area contributed by atoms with E-state index in [1.54, 1.807) is 7.05 Å². The highest BCUT2D eigenvalue weighted by Crippen LogP contribution is 2.46. The second-order valence-electron chi connectivity index (χ2n) is 9.87. The van der Waals surface area contributed by atoms with Crippen LogP contribution in [-0.4, -0.2) is 76.7 Å². The fraction of sp³-hybridized carbons (Fsp3) is 0.286. The maximum Gasteiger partial charge on any atom is 0.259 e. The van der Waals surface area contributed by atoms with Crippen LogP contribution in [0.1, 0.15) is 26.9 Å². The van der Waals surface area contributed by atoms with Crippen molar-refractivity contribution < 1.29 is 29.3 Å². The van der Waals surface area contributed by atoms with Gasteiger partial charge in [-0.2, -0.15) is 0 Å². The molecule has 5 aromatic rings. The van der Waals surface area contributed by atoms with Gasteiger partial charge in [0.1, 0.15) is 24.4 Å². The van der Waals surface area contributed by atoms with E-state index >= 15 is 0 Å².